The van der Waals surface area contributed by atoms with E-state index >= 15 is 0 Å². The van der Waals surface area contributed by atoms with Gasteiger partial charge in [-0.25, -0.2) is 0 Å². The molecule has 1 aromatic rings. The van der Waals surface area contributed by atoms with E-state index in [1.165, 1.54) is 33.4 Å². The Labute approximate surface area is 119 Å². The van der Waals surface area contributed by atoms with Gasteiger partial charge >= 0.3 is 0 Å². The van der Waals surface area contributed by atoms with Gasteiger partial charge in [-0.05, 0) is 66.8 Å². The molecule has 0 spiro atoms. The molecule has 0 heterocycles. The van der Waals surface area contributed by atoms with Crippen molar-refractivity contribution in [3.8, 4) is 0 Å². The van der Waals surface area contributed by atoms with Crippen LogP contribution in [0.5, 0.6) is 0 Å². The van der Waals surface area contributed by atoms with Gasteiger partial charge < -0.3 is 0 Å². The van der Waals surface area contributed by atoms with Crippen LogP contribution in [0.2, 0.25) is 0 Å². The van der Waals surface area contributed by atoms with Gasteiger partial charge in [0.2, 0.25) is 0 Å². The van der Waals surface area contributed by atoms with Crippen molar-refractivity contribution in [3.05, 3.63) is 39.5 Å². The van der Waals surface area contributed by atoms with Crippen LogP contribution in [0.25, 0.3) is 6.08 Å². The Bertz CT molecular complexity index is 482. The van der Waals surface area contributed by atoms with Crippen LogP contribution in [0.3, 0.4) is 0 Å². The van der Waals surface area contributed by atoms with E-state index < -0.39 is 0 Å². The van der Waals surface area contributed by atoms with E-state index in [0.717, 1.165) is 12.8 Å². The Balaban J connectivity index is 3.50. The minimum absolute atomic E-state index is 0.254. The Morgan fingerprint density at radius 2 is 1.63 bits per heavy atom. The number of allylic oxidation sites excluding steroid dienone is 1. The fourth-order valence-corrected chi connectivity index (χ4v) is 2.75. The van der Waals surface area contributed by atoms with Gasteiger partial charge in [0.1, 0.15) is 0 Å². The lowest BCUT2D eigenvalue weighted by molar-refractivity contribution is 0.492. The van der Waals surface area contributed by atoms with E-state index in [1.54, 1.807) is 0 Å². The summed E-state index contributed by atoms with van der Waals surface area (Å²) in [7, 11) is 0. The van der Waals surface area contributed by atoms with E-state index in [4.69, 9.17) is 0 Å². The monoisotopic (exact) mass is 258 g/mol. The van der Waals surface area contributed by atoms with E-state index in [0.29, 0.717) is 0 Å². The Morgan fingerprint density at radius 1 is 1.05 bits per heavy atom. The minimum atomic E-state index is 0.254. The van der Waals surface area contributed by atoms with Gasteiger partial charge in [0.15, 0.2) is 0 Å². The van der Waals surface area contributed by atoms with Crippen molar-refractivity contribution in [1.82, 2.24) is 0 Å². The number of hydrogen-bond donors (Lipinski definition) is 0. The standard InChI is InChI=1S/C19H30/c1-9-16-11-13(3)14(4)18(15(16)5)12-17(10-2)19(6,7)8/h11-12H,9-10H2,1-8H3/b17-12+. The topological polar surface area (TPSA) is 0 Å². The molecular formula is C19H30. The molecule has 0 radical (unpaired) electrons. The minimum Gasteiger partial charge on any atom is -0.0645 e. The van der Waals surface area contributed by atoms with Gasteiger partial charge in [-0.1, -0.05) is 52.3 Å². The van der Waals surface area contributed by atoms with Crippen LogP contribution in [-0.4, -0.2) is 0 Å². The first-order chi connectivity index (χ1) is 8.72. The molecule has 19 heavy (non-hydrogen) atoms. The molecule has 0 aliphatic carbocycles. The average molecular weight is 258 g/mol. The molecule has 0 unspecified atom stereocenters. The van der Waals surface area contributed by atoms with Crippen molar-refractivity contribution in [3.63, 3.8) is 0 Å². The summed E-state index contributed by atoms with van der Waals surface area (Å²) in [6.45, 7) is 18.2. The second-order valence-electron chi connectivity index (χ2n) is 6.64. The van der Waals surface area contributed by atoms with Crippen LogP contribution in [0.4, 0.5) is 0 Å². The third kappa shape index (κ3) is 3.49. The summed E-state index contributed by atoms with van der Waals surface area (Å²) in [4.78, 5) is 0. The fraction of sp³-hybridized carbons (Fsp3) is 0.579. The molecule has 0 atom stereocenters. The second kappa shape index (κ2) is 5.94. The molecule has 0 heteroatoms. The molecule has 0 aliphatic rings. The van der Waals surface area contributed by atoms with E-state index in [-0.39, 0.29) is 5.41 Å². The molecule has 1 aromatic carbocycles. The zero-order valence-electron chi connectivity index (χ0n) is 14.1. The quantitative estimate of drug-likeness (QED) is 0.622. The van der Waals surface area contributed by atoms with E-state index in [9.17, 15) is 0 Å². The molecule has 0 N–H and O–H groups in total. The normalized spacial score (nSPS) is 12.9. The number of benzene rings is 1. The maximum absolute atomic E-state index is 2.44. The highest BCUT2D eigenvalue weighted by atomic mass is 14.2. The molecule has 106 valence electrons. The van der Waals surface area contributed by atoms with Crippen molar-refractivity contribution >= 4 is 6.08 Å². The fourth-order valence-electron chi connectivity index (χ4n) is 2.75. The summed E-state index contributed by atoms with van der Waals surface area (Å²) in [5.41, 5.74) is 9.03. The highest BCUT2D eigenvalue weighted by Gasteiger charge is 2.17. The van der Waals surface area contributed by atoms with Crippen LogP contribution in [0.1, 0.15) is 68.9 Å². The van der Waals surface area contributed by atoms with Crippen molar-refractivity contribution < 1.29 is 0 Å². The lowest BCUT2D eigenvalue weighted by atomic mass is 9.82. The van der Waals surface area contributed by atoms with E-state index in [2.05, 4.69) is 67.5 Å². The molecule has 0 fully saturated rings. The van der Waals surface area contributed by atoms with Gasteiger partial charge in [0.25, 0.3) is 0 Å². The van der Waals surface area contributed by atoms with Gasteiger partial charge in [0.05, 0.1) is 0 Å². The van der Waals surface area contributed by atoms with Crippen molar-refractivity contribution in [2.45, 2.75) is 68.2 Å². The second-order valence-corrected chi connectivity index (χ2v) is 6.64. The first-order valence-corrected chi connectivity index (χ1v) is 7.53. The largest absolute Gasteiger partial charge is 0.0645 e. The third-order valence-electron chi connectivity index (χ3n) is 4.32. The van der Waals surface area contributed by atoms with Crippen LogP contribution in [0, 0.1) is 26.2 Å². The Morgan fingerprint density at radius 3 is 2.05 bits per heavy atom. The van der Waals surface area contributed by atoms with Gasteiger partial charge in [-0.15, -0.1) is 0 Å². The van der Waals surface area contributed by atoms with Crippen molar-refractivity contribution in [1.29, 1.82) is 0 Å². The van der Waals surface area contributed by atoms with Crippen LogP contribution < -0.4 is 0 Å². The average Bonchev–Trinajstić information content (AvgIpc) is 2.32. The number of hydrogen-bond acceptors (Lipinski definition) is 0. The highest BCUT2D eigenvalue weighted by molar-refractivity contribution is 5.64. The van der Waals surface area contributed by atoms with Crippen molar-refractivity contribution in [2.75, 3.05) is 0 Å². The predicted molar refractivity (Wildman–Crippen MR) is 87.8 cm³/mol. The number of rotatable bonds is 3. The maximum atomic E-state index is 2.44. The summed E-state index contributed by atoms with van der Waals surface area (Å²) in [5.74, 6) is 0. The molecular weight excluding hydrogens is 228 g/mol. The summed E-state index contributed by atoms with van der Waals surface area (Å²) in [5, 5.41) is 0. The molecule has 0 bridgehead atoms. The zero-order valence-corrected chi connectivity index (χ0v) is 14.1. The number of aryl methyl sites for hydroxylation is 2. The summed E-state index contributed by atoms with van der Waals surface area (Å²) in [6, 6.07) is 2.35. The van der Waals surface area contributed by atoms with Crippen molar-refractivity contribution in [2.24, 2.45) is 5.41 Å². The van der Waals surface area contributed by atoms with Crippen LogP contribution in [-0.2, 0) is 6.42 Å². The predicted octanol–water partition coefficient (Wildman–Crippen LogP) is 6.01. The van der Waals surface area contributed by atoms with Gasteiger partial charge in [-0.3, -0.25) is 0 Å². The molecule has 0 aliphatic heterocycles. The Hall–Kier alpha value is -1.04. The molecule has 1 rings (SSSR count). The highest BCUT2D eigenvalue weighted by Crippen LogP contribution is 2.32. The third-order valence-corrected chi connectivity index (χ3v) is 4.32. The van der Waals surface area contributed by atoms with Gasteiger partial charge in [0, 0.05) is 0 Å². The molecule has 0 amide bonds. The van der Waals surface area contributed by atoms with E-state index in [1.807, 2.05) is 0 Å². The summed E-state index contributed by atoms with van der Waals surface area (Å²) in [6.07, 6.45) is 4.68. The maximum Gasteiger partial charge on any atom is -0.0170 e. The Kier molecular flexibility index (Phi) is 5.01. The first kappa shape index (κ1) is 16.0. The zero-order chi connectivity index (χ0) is 14.8. The SMILES string of the molecule is CC/C(=C\c1c(C)c(C)cc(CC)c1C)C(C)(C)C. The molecule has 0 nitrogen and oxygen atoms in total. The lowest BCUT2D eigenvalue weighted by Gasteiger charge is -2.24. The van der Waals surface area contributed by atoms with Gasteiger partial charge in [-0.2, -0.15) is 0 Å². The van der Waals surface area contributed by atoms with Crippen LogP contribution in [0.15, 0.2) is 11.6 Å². The van der Waals surface area contributed by atoms with Crippen LogP contribution >= 0.6 is 0 Å². The lowest BCUT2D eigenvalue weighted by Crippen LogP contribution is -2.09. The molecule has 0 saturated heterocycles. The summed E-state index contributed by atoms with van der Waals surface area (Å²) >= 11 is 0. The smallest absolute Gasteiger partial charge is 0.0170 e. The first-order valence-electron chi connectivity index (χ1n) is 7.53. The summed E-state index contributed by atoms with van der Waals surface area (Å²) < 4.78 is 0. The molecule has 0 saturated carbocycles. The molecule has 0 aromatic heterocycles.